The Morgan fingerprint density at radius 1 is 1.29 bits per heavy atom. The fraction of sp³-hybridized carbons (Fsp3) is 0.500. The van der Waals surface area contributed by atoms with Gasteiger partial charge in [-0.25, -0.2) is 4.39 Å². The van der Waals surface area contributed by atoms with Crippen molar-refractivity contribution in [3.63, 3.8) is 0 Å². The van der Waals surface area contributed by atoms with E-state index in [1.807, 2.05) is 12.1 Å². The minimum absolute atomic E-state index is 0.174. The molecule has 1 aromatic rings. The summed E-state index contributed by atoms with van der Waals surface area (Å²) in [5, 5.41) is 0. The lowest BCUT2D eigenvalue weighted by molar-refractivity contribution is 0.527. The average molecular weight is 215 g/mol. The van der Waals surface area contributed by atoms with Crippen LogP contribution in [-0.2, 0) is 6.42 Å². The zero-order valence-corrected chi connectivity index (χ0v) is 9.23. The standard InChI is InChI=1S/C12H16ClF/c1-2-3-11(9-13)8-10-4-6-12(14)7-5-10/h4-7,11H,2-3,8-9H2,1H3. The molecule has 1 rings (SSSR count). The van der Waals surface area contributed by atoms with Crippen LogP contribution in [0.1, 0.15) is 25.3 Å². The van der Waals surface area contributed by atoms with Crippen LogP contribution < -0.4 is 0 Å². The maximum Gasteiger partial charge on any atom is 0.123 e. The molecule has 0 heterocycles. The maximum atomic E-state index is 12.6. The Labute approximate surface area is 90.1 Å². The molecule has 1 aromatic carbocycles. The van der Waals surface area contributed by atoms with Crippen LogP contribution in [0.4, 0.5) is 4.39 Å². The lowest BCUT2D eigenvalue weighted by Crippen LogP contribution is -2.05. The number of hydrogen-bond donors (Lipinski definition) is 0. The molecule has 14 heavy (non-hydrogen) atoms. The fourth-order valence-corrected chi connectivity index (χ4v) is 1.86. The van der Waals surface area contributed by atoms with Crippen LogP contribution in [0.2, 0.25) is 0 Å². The third-order valence-corrected chi connectivity index (χ3v) is 2.79. The molecule has 0 spiro atoms. The molecular weight excluding hydrogens is 199 g/mol. The van der Waals surface area contributed by atoms with Gasteiger partial charge in [-0.05, 0) is 36.5 Å². The number of benzene rings is 1. The Bertz CT molecular complexity index is 256. The van der Waals surface area contributed by atoms with Gasteiger partial charge in [-0.1, -0.05) is 25.5 Å². The Kier molecular flexibility index (Phi) is 4.95. The highest BCUT2D eigenvalue weighted by atomic mass is 35.5. The summed E-state index contributed by atoms with van der Waals surface area (Å²) in [4.78, 5) is 0. The van der Waals surface area contributed by atoms with Crippen molar-refractivity contribution in [1.29, 1.82) is 0 Å². The van der Waals surface area contributed by atoms with E-state index in [9.17, 15) is 4.39 Å². The Morgan fingerprint density at radius 2 is 1.93 bits per heavy atom. The van der Waals surface area contributed by atoms with Crippen molar-refractivity contribution in [2.24, 2.45) is 5.92 Å². The first kappa shape index (κ1) is 11.5. The normalized spacial score (nSPS) is 12.8. The maximum absolute atomic E-state index is 12.6. The number of hydrogen-bond acceptors (Lipinski definition) is 0. The van der Waals surface area contributed by atoms with Gasteiger partial charge in [0, 0.05) is 5.88 Å². The van der Waals surface area contributed by atoms with Gasteiger partial charge in [0.1, 0.15) is 5.82 Å². The van der Waals surface area contributed by atoms with E-state index in [1.54, 1.807) is 0 Å². The molecule has 0 aliphatic carbocycles. The van der Waals surface area contributed by atoms with E-state index in [0.717, 1.165) is 19.3 Å². The van der Waals surface area contributed by atoms with Crippen molar-refractivity contribution in [3.8, 4) is 0 Å². The van der Waals surface area contributed by atoms with Crippen molar-refractivity contribution in [2.75, 3.05) is 5.88 Å². The van der Waals surface area contributed by atoms with Crippen LogP contribution in [-0.4, -0.2) is 5.88 Å². The van der Waals surface area contributed by atoms with Crippen LogP contribution in [0.3, 0.4) is 0 Å². The lowest BCUT2D eigenvalue weighted by Gasteiger charge is -2.12. The fourth-order valence-electron chi connectivity index (χ4n) is 1.60. The predicted octanol–water partition coefficient (Wildman–Crippen LogP) is 4.02. The molecule has 0 nitrogen and oxygen atoms in total. The van der Waals surface area contributed by atoms with Gasteiger partial charge in [0.2, 0.25) is 0 Å². The van der Waals surface area contributed by atoms with Crippen LogP contribution in [0.5, 0.6) is 0 Å². The smallest absolute Gasteiger partial charge is 0.123 e. The summed E-state index contributed by atoms with van der Waals surface area (Å²) in [5.74, 6) is 1.03. The number of rotatable bonds is 5. The van der Waals surface area contributed by atoms with E-state index in [4.69, 9.17) is 11.6 Å². The minimum Gasteiger partial charge on any atom is -0.207 e. The molecule has 0 N–H and O–H groups in total. The molecule has 78 valence electrons. The summed E-state index contributed by atoms with van der Waals surface area (Å²) in [5.41, 5.74) is 1.17. The quantitative estimate of drug-likeness (QED) is 0.650. The zero-order chi connectivity index (χ0) is 10.4. The van der Waals surface area contributed by atoms with Gasteiger partial charge < -0.3 is 0 Å². The average Bonchev–Trinajstić information content (AvgIpc) is 2.20. The summed E-state index contributed by atoms with van der Waals surface area (Å²) in [6.07, 6.45) is 3.25. The molecule has 0 bridgehead atoms. The summed E-state index contributed by atoms with van der Waals surface area (Å²) in [6.45, 7) is 2.16. The van der Waals surface area contributed by atoms with E-state index < -0.39 is 0 Å². The van der Waals surface area contributed by atoms with Gasteiger partial charge in [-0.3, -0.25) is 0 Å². The van der Waals surface area contributed by atoms with Crippen LogP contribution in [0.15, 0.2) is 24.3 Å². The summed E-state index contributed by atoms with van der Waals surface area (Å²) in [6, 6.07) is 6.69. The largest absolute Gasteiger partial charge is 0.207 e. The Balaban J connectivity index is 2.53. The van der Waals surface area contributed by atoms with E-state index in [0.29, 0.717) is 11.8 Å². The third-order valence-electron chi connectivity index (χ3n) is 2.35. The van der Waals surface area contributed by atoms with Gasteiger partial charge >= 0.3 is 0 Å². The SMILES string of the molecule is CCCC(CCl)Cc1ccc(F)cc1. The summed E-state index contributed by atoms with van der Waals surface area (Å²) >= 11 is 5.85. The first-order valence-electron chi connectivity index (χ1n) is 5.06. The van der Waals surface area contributed by atoms with Crippen molar-refractivity contribution in [2.45, 2.75) is 26.2 Å². The minimum atomic E-state index is -0.174. The van der Waals surface area contributed by atoms with Gasteiger partial charge in [0.05, 0.1) is 0 Å². The molecule has 0 fully saturated rings. The van der Waals surface area contributed by atoms with Crippen molar-refractivity contribution < 1.29 is 4.39 Å². The predicted molar refractivity (Wildman–Crippen MR) is 59.2 cm³/mol. The van der Waals surface area contributed by atoms with Gasteiger partial charge in [-0.15, -0.1) is 11.6 Å². The number of alkyl halides is 1. The van der Waals surface area contributed by atoms with Crippen LogP contribution in [0, 0.1) is 11.7 Å². The van der Waals surface area contributed by atoms with E-state index in [-0.39, 0.29) is 5.82 Å². The highest BCUT2D eigenvalue weighted by molar-refractivity contribution is 6.18. The second kappa shape index (κ2) is 6.02. The number of halogens is 2. The third kappa shape index (κ3) is 3.67. The highest BCUT2D eigenvalue weighted by Gasteiger charge is 2.07. The highest BCUT2D eigenvalue weighted by Crippen LogP contribution is 2.15. The first-order valence-corrected chi connectivity index (χ1v) is 5.60. The van der Waals surface area contributed by atoms with Crippen molar-refractivity contribution in [3.05, 3.63) is 35.6 Å². The van der Waals surface area contributed by atoms with Crippen molar-refractivity contribution >= 4 is 11.6 Å². The lowest BCUT2D eigenvalue weighted by atomic mass is 9.97. The second-order valence-corrected chi connectivity index (χ2v) is 3.95. The zero-order valence-electron chi connectivity index (χ0n) is 8.47. The van der Waals surface area contributed by atoms with Crippen LogP contribution >= 0.6 is 11.6 Å². The van der Waals surface area contributed by atoms with E-state index in [2.05, 4.69) is 6.92 Å². The monoisotopic (exact) mass is 214 g/mol. The molecule has 0 amide bonds. The van der Waals surface area contributed by atoms with Crippen LogP contribution in [0.25, 0.3) is 0 Å². The molecule has 0 saturated heterocycles. The Hall–Kier alpha value is -0.560. The molecular formula is C12H16ClF. The van der Waals surface area contributed by atoms with E-state index >= 15 is 0 Å². The molecule has 0 aliphatic heterocycles. The molecule has 1 unspecified atom stereocenters. The van der Waals surface area contributed by atoms with Gasteiger partial charge in [-0.2, -0.15) is 0 Å². The Morgan fingerprint density at radius 3 is 2.43 bits per heavy atom. The molecule has 0 aromatic heterocycles. The second-order valence-electron chi connectivity index (χ2n) is 3.64. The molecule has 1 atom stereocenters. The molecule has 0 radical (unpaired) electrons. The molecule has 0 saturated carbocycles. The van der Waals surface area contributed by atoms with E-state index in [1.165, 1.54) is 17.7 Å². The summed E-state index contributed by atoms with van der Waals surface area (Å²) < 4.78 is 12.6. The first-order chi connectivity index (χ1) is 6.76. The molecule has 0 aliphatic rings. The molecule has 2 heteroatoms. The topological polar surface area (TPSA) is 0 Å². The summed E-state index contributed by atoms with van der Waals surface area (Å²) in [7, 11) is 0. The van der Waals surface area contributed by atoms with Gasteiger partial charge in [0.25, 0.3) is 0 Å². The van der Waals surface area contributed by atoms with Gasteiger partial charge in [0.15, 0.2) is 0 Å². The van der Waals surface area contributed by atoms with Crippen molar-refractivity contribution in [1.82, 2.24) is 0 Å².